The van der Waals surface area contributed by atoms with Crippen LogP contribution in [0.5, 0.6) is 0 Å². The first-order valence-corrected chi connectivity index (χ1v) is 29.0. The molecule has 0 aliphatic heterocycles. The Bertz CT molecular complexity index is 1110. The number of carbonyl (C=O) groups is 3. The highest BCUT2D eigenvalue weighted by molar-refractivity contribution is 5.70. The van der Waals surface area contributed by atoms with Crippen LogP contribution in [0.1, 0.15) is 310 Å². The van der Waals surface area contributed by atoms with Crippen LogP contribution < -0.4 is 0 Å². The molecule has 6 heteroatoms. The van der Waals surface area contributed by atoms with Gasteiger partial charge in [0.15, 0.2) is 0 Å². The van der Waals surface area contributed by atoms with Crippen molar-refractivity contribution in [2.24, 2.45) is 0 Å². The maximum absolute atomic E-state index is 12.9. The van der Waals surface area contributed by atoms with Crippen LogP contribution in [0.3, 0.4) is 0 Å². The highest BCUT2D eigenvalue weighted by Gasteiger charge is 2.16. The van der Waals surface area contributed by atoms with Gasteiger partial charge in [-0.05, 0) is 109 Å². The van der Waals surface area contributed by atoms with E-state index in [0.717, 1.165) is 77.0 Å². The van der Waals surface area contributed by atoms with Gasteiger partial charge in [0.2, 0.25) is 0 Å². The molecule has 0 amide bonds. The number of hydrogen-bond acceptors (Lipinski definition) is 6. The second-order valence-corrected chi connectivity index (χ2v) is 19.5. The number of unbranched alkanes of at least 4 members (excludes halogenated alkanes) is 33. The first kappa shape index (κ1) is 63.6. The molecule has 0 aromatic carbocycles. The van der Waals surface area contributed by atoms with E-state index in [9.17, 15) is 14.4 Å². The minimum atomic E-state index is -0.350. The third kappa shape index (κ3) is 52.6. The van der Waals surface area contributed by atoms with E-state index in [0.29, 0.717) is 45.1 Å². The standard InChI is InChI=1S/C60H110O6/c1-4-7-10-13-16-19-22-25-28-31-34-37-40-43-46-51-58(61)64-55-49-50-57(66-60(63)53-48-45-42-39-36-33-30-27-24-21-18-15-12-9-6-3)54-56-65-59(62)52-47-44-41-38-35-32-29-26-23-20-17-14-11-8-5-2/h25-30,57H,4-24,31-56H2,1-3H3. The first-order chi connectivity index (χ1) is 32.5. The van der Waals surface area contributed by atoms with Gasteiger partial charge in [0.05, 0.1) is 13.2 Å². The molecular formula is C60H110O6. The molecule has 0 spiro atoms. The van der Waals surface area contributed by atoms with Crippen molar-refractivity contribution in [3.05, 3.63) is 36.5 Å². The predicted molar refractivity (Wildman–Crippen MR) is 284 cm³/mol. The molecule has 386 valence electrons. The van der Waals surface area contributed by atoms with E-state index in [1.807, 2.05) is 0 Å². The zero-order valence-electron chi connectivity index (χ0n) is 44.2. The molecule has 66 heavy (non-hydrogen) atoms. The van der Waals surface area contributed by atoms with Gasteiger partial charge < -0.3 is 14.2 Å². The van der Waals surface area contributed by atoms with Crippen molar-refractivity contribution in [1.29, 1.82) is 0 Å². The Morgan fingerprint density at radius 1 is 0.303 bits per heavy atom. The Balaban J connectivity index is 4.35. The summed E-state index contributed by atoms with van der Waals surface area (Å²) >= 11 is 0. The quantitative estimate of drug-likeness (QED) is 0.0262. The fourth-order valence-electron chi connectivity index (χ4n) is 8.47. The van der Waals surface area contributed by atoms with Gasteiger partial charge in [0, 0.05) is 25.7 Å². The molecule has 0 aromatic heterocycles. The Morgan fingerprint density at radius 2 is 0.576 bits per heavy atom. The molecule has 0 saturated carbocycles. The predicted octanol–water partition coefficient (Wildman–Crippen LogP) is 19.3. The molecule has 0 radical (unpaired) electrons. The molecule has 0 fully saturated rings. The van der Waals surface area contributed by atoms with E-state index in [-0.39, 0.29) is 30.6 Å². The highest BCUT2D eigenvalue weighted by atomic mass is 16.6. The van der Waals surface area contributed by atoms with Crippen LogP contribution in [0.15, 0.2) is 36.5 Å². The molecular weight excluding hydrogens is 817 g/mol. The van der Waals surface area contributed by atoms with E-state index in [2.05, 4.69) is 57.2 Å². The van der Waals surface area contributed by atoms with Gasteiger partial charge in [-0.1, -0.05) is 211 Å². The summed E-state index contributed by atoms with van der Waals surface area (Å²) in [5.41, 5.74) is 0. The van der Waals surface area contributed by atoms with Gasteiger partial charge in [-0.3, -0.25) is 14.4 Å². The van der Waals surface area contributed by atoms with Crippen molar-refractivity contribution >= 4 is 17.9 Å². The number of allylic oxidation sites excluding steroid dienone is 6. The van der Waals surface area contributed by atoms with Crippen LogP contribution in [0.4, 0.5) is 0 Å². The molecule has 6 nitrogen and oxygen atoms in total. The lowest BCUT2D eigenvalue weighted by molar-refractivity contribution is -0.153. The average molecular weight is 928 g/mol. The summed E-state index contributed by atoms with van der Waals surface area (Å²) in [6.45, 7) is 7.36. The van der Waals surface area contributed by atoms with E-state index in [4.69, 9.17) is 14.2 Å². The van der Waals surface area contributed by atoms with E-state index in [1.54, 1.807) is 0 Å². The fourth-order valence-corrected chi connectivity index (χ4v) is 8.47. The molecule has 0 aromatic rings. The number of carbonyl (C=O) groups excluding carboxylic acids is 3. The van der Waals surface area contributed by atoms with Crippen LogP contribution in [-0.4, -0.2) is 37.2 Å². The Morgan fingerprint density at radius 3 is 0.909 bits per heavy atom. The monoisotopic (exact) mass is 927 g/mol. The van der Waals surface area contributed by atoms with Crippen LogP contribution >= 0.6 is 0 Å². The van der Waals surface area contributed by atoms with Crippen molar-refractivity contribution in [3.63, 3.8) is 0 Å². The summed E-state index contributed by atoms with van der Waals surface area (Å²) in [5.74, 6) is -0.496. The smallest absolute Gasteiger partial charge is 0.306 e. The maximum Gasteiger partial charge on any atom is 0.306 e. The second kappa shape index (κ2) is 55.2. The third-order valence-corrected chi connectivity index (χ3v) is 12.9. The molecule has 0 aliphatic carbocycles. The summed E-state index contributed by atoms with van der Waals surface area (Å²) in [6, 6.07) is 0. The van der Waals surface area contributed by atoms with Crippen LogP contribution in [-0.2, 0) is 28.6 Å². The van der Waals surface area contributed by atoms with Gasteiger partial charge in [-0.25, -0.2) is 0 Å². The topological polar surface area (TPSA) is 78.9 Å². The van der Waals surface area contributed by atoms with Crippen molar-refractivity contribution in [2.75, 3.05) is 13.2 Å². The Kier molecular flexibility index (Phi) is 53.2. The summed E-state index contributed by atoms with van der Waals surface area (Å²) in [7, 11) is 0. The van der Waals surface area contributed by atoms with Gasteiger partial charge in [0.25, 0.3) is 0 Å². The lowest BCUT2D eigenvalue weighted by Crippen LogP contribution is -2.22. The van der Waals surface area contributed by atoms with Gasteiger partial charge in [0.1, 0.15) is 6.10 Å². The minimum Gasteiger partial charge on any atom is -0.466 e. The largest absolute Gasteiger partial charge is 0.466 e. The van der Waals surface area contributed by atoms with Crippen LogP contribution in [0, 0.1) is 0 Å². The summed E-state index contributed by atoms with van der Waals surface area (Å²) in [5, 5.41) is 0. The zero-order valence-corrected chi connectivity index (χ0v) is 44.2. The molecule has 0 rings (SSSR count). The van der Waals surface area contributed by atoms with Crippen LogP contribution in [0.2, 0.25) is 0 Å². The van der Waals surface area contributed by atoms with Crippen molar-refractivity contribution in [2.45, 2.75) is 316 Å². The molecule has 1 unspecified atom stereocenters. The average Bonchev–Trinajstić information content (AvgIpc) is 3.31. The lowest BCUT2D eigenvalue weighted by Gasteiger charge is -2.18. The lowest BCUT2D eigenvalue weighted by atomic mass is 10.1. The second-order valence-electron chi connectivity index (χ2n) is 19.5. The molecule has 0 bridgehead atoms. The maximum atomic E-state index is 12.9. The minimum absolute atomic E-state index is 0.144. The van der Waals surface area contributed by atoms with E-state index < -0.39 is 0 Å². The van der Waals surface area contributed by atoms with Crippen molar-refractivity contribution < 1.29 is 28.6 Å². The first-order valence-electron chi connectivity index (χ1n) is 29.0. The van der Waals surface area contributed by atoms with Crippen molar-refractivity contribution in [1.82, 2.24) is 0 Å². The SMILES string of the molecule is CCCCCCCCC=CCCCCCCCC(=O)OCCCC(CCOC(=O)CCCCCCCC=CCCCCCCCC)OC(=O)CCCCCCCC=CCCCCCCCC. The molecule has 0 aliphatic rings. The fraction of sp³-hybridized carbons (Fsp3) is 0.850. The molecule has 1 atom stereocenters. The molecule has 0 saturated heterocycles. The van der Waals surface area contributed by atoms with Crippen LogP contribution in [0.25, 0.3) is 0 Å². The zero-order chi connectivity index (χ0) is 47.9. The normalized spacial score (nSPS) is 12.2. The van der Waals surface area contributed by atoms with Crippen molar-refractivity contribution in [3.8, 4) is 0 Å². The highest BCUT2D eigenvalue weighted by Crippen LogP contribution is 2.16. The van der Waals surface area contributed by atoms with Gasteiger partial charge in [-0.15, -0.1) is 0 Å². The number of esters is 3. The third-order valence-electron chi connectivity index (χ3n) is 12.9. The van der Waals surface area contributed by atoms with E-state index >= 15 is 0 Å². The number of ether oxygens (including phenoxy) is 3. The van der Waals surface area contributed by atoms with Gasteiger partial charge >= 0.3 is 17.9 Å². The number of hydrogen-bond donors (Lipinski definition) is 0. The summed E-state index contributed by atoms with van der Waals surface area (Å²) in [4.78, 5) is 37.8. The molecule has 0 N–H and O–H groups in total. The Labute approximate surface area is 410 Å². The summed E-state index contributed by atoms with van der Waals surface area (Å²) < 4.78 is 17.1. The van der Waals surface area contributed by atoms with Gasteiger partial charge in [-0.2, -0.15) is 0 Å². The van der Waals surface area contributed by atoms with E-state index in [1.165, 1.54) is 173 Å². The Hall–Kier alpha value is -2.37. The number of rotatable bonds is 53. The summed E-state index contributed by atoms with van der Waals surface area (Å²) in [6.07, 6.45) is 64.5. The molecule has 0 heterocycles.